The van der Waals surface area contributed by atoms with Crippen LogP contribution in [0.5, 0.6) is 23.0 Å². The molecule has 0 saturated carbocycles. The van der Waals surface area contributed by atoms with Gasteiger partial charge in [0.05, 0.1) is 150 Å². The number of rotatable bonds is 22. The third-order valence-electron chi connectivity index (χ3n) is 17.8. The van der Waals surface area contributed by atoms with Crippen molar-refractivity contribution in [3.63, 3.8) is 0 Å². The summed E-state index contributed by atoms with van der Waals surface area (Å²) in [5, 5.41) is 69.1. The monoisotopic (exact) mass is 1920 g/mol. The van der Waals surface area contributed by atoms with Crippen molar-refractivity contribution in [1.82, 2.24) is 89.0 Å². The summed E-state index contributed by atoms with van der Waals surface area (Å²) in [6, 6.07) is 30.1. The van der Waals surface area contributed by atoms with E-state index in [2.05, 4.69) is 96.7 Å². The van der Waals surface area contributed by atoms with Crippen molar-refractivity contribution in [2.75, 3.05) is 78.0 Å². The molecular formula is C88H95BCl4LiN25O16. The van der Waals surface area contributed by atoms with Crippen LogP contribution in [0.1, 0.15) is 92.4 Å². The Morgan fingerprint density at radius 3 is 1.07 bits per heavy atom. The van der Waals surface area contributed by atoms with Crippen LogP contribution in [0.25, 0.3) is 45.0 Å². The fraction of sp³-hybridized carbons (Fsp3) is 0.216. The van der Waals surface area contributed by atoms with Gasteiger partial charge in [-0.1, -0.05) is 48.0 Å². The first-order chi connectivity index (χ1) is 63.1. The normalized spacial score (nSPS) is 9.81. The number of esters is 3. The number of ketones is 1. The summed E-state index contributed by atoms with van der Waals surface area (Å²) in [5.74, 6) is 0.399. The van der Waals surface area contributed by atoms with Crippen LogP contribution in [0.2, 0.25) is 15.7 Å². The molecule has 0 aliphatic rings. The molecule has 47 heteroatoms. The molecule has 5 aromatic carbocycles. The number of halogens is 4. The predicted molar refractivity (Wildman–Crippen MR) is 504 cm³/mol. The second kappa shape index (κ2) is 56.0. The number of benzene rings is 5. The van der Waals surface area contributed by atoms with E-state index in [1.54, 1.807) is 147 Å². The number of methoxy groups -OCH3 is 7. The maximum absolute atomic E-state index is 12.3. The second-order valence-corrected chi connectivity index (χ2v) is 28.4. The zero-order valence-corrected chi connectivity index (χ0v) is 79.4. The Morgan fingerprint density at radius 1 is 0.444 bits per heavy atom. The Labute approximate surface area is 809 Å². The number of hydrogen-bond acceptors (Lipinski definition) is 36. The molecule has 0 bridgehead atoms. The number of nitrogens with one attached hydrogen (secondary N) is 3. The van der Waals surface area contributed by atoms with Crippen LogP contribution in [0.15, 0.2) is 178 Å². The van der Waals surface area contributed by atoms with E-state index < -0.39 is 31.0 Å². The SMILES string of the molecule is COC(=O)c1ccc(-c2nc(Cl)ncc2C)cc1OC.COC(=O)c1ccc(-c2nc(Nc3cnn(C)c3)ncc2C)cc1OC.COC(=O)c1ccc(B(O)O)cc1.COc1cc(-c2nc(Nc3cnn(C)c3)ncc2C)ccc1C(=O)CCC#N.COc1cc(-c2nc(Nc3cnn(C)c3)ncc2C)ccc1C(=O)O.Cc1cnc(Cl)nc1Cl.Cl.Cn1cc(N)cn1.N#CCN.[Li+].[OH-]. The summed E-state index contributed by atoms with van der Waals surface area (Å²) in [6.07, 6.45) is 22.6. The van der Waals surface area contributed by atoms with Crippen LogP contribution < -0.4 is 70.7 Å². The molecular weight excluding hydrogens is 1820 g/mol. The second-order valence-electron chi connectivity index (χ2n) is 27.4. The molecule has 41 nitrogen and oxygen atoms in total. The molecule has 0 fully saturated rings. The van der Waals surface area contributed by atoms with Gasteiger partial charge in [-0.3, -0.25) is 23.5 Å². The van der Waals surface area contributed by atoms with E-state index in [0.717, 1.165) is 78.5 Å². The van der Waals surface area contributed by atoms with Gasteiger partial charge in [0.25, 0.3) is 0 Å². The number of anilines is 7. The number of nitrogens with two attached hydrogens (primary N) is 2. The van der Waals surface area contributed by atoms with Gasteiger partial charge in [-0.05, 0) is 146 Å². The molecule has 0 spiro atoms. The van der Waals surface area contributed by atoms with Crippen molar-refractivity contribution < 1.29 is 96.6 Å². The summed E-state index contributed by atoms with van der Waals surface area (Å²) >= 11 is 16.8. The molecule has 0 amide bonds. The number of aryl methyl sites for hydroxylation is 9. The summed E-state index contributed by atoms with van der Waals surface area (Å²) in [7, 11) is 15.7. The topological polar surface area (TPSA) is 577 Å². The molecule has 0 atom stereocenters. The number of nitrogens with zero attached hydrogens (tertiary/aromatic N) is 20. The number of nitrogen functional groups attached to an aromatic ring is 1. The summed E-state index contributed by atoms with van der Waals surface area (Å²) in [5.41, 5.74) is 25.4. The maximum atomic E-state index is 12.3. The Balaban J connectivity index is 0.000000337. The molecule has 0 aliphatic carbocycles. The van der Waals surface area contributed by atoms with Crippen molar-refractivity contribution >= 4 is 130 Å². The molecule has 14 aromatic rings. The zero-order chi connectivity index (χ0) is 96.8. The number of ether oxygens (including phenoxy) is 7. The van der Waals surface area contributed by atoms with E-state index in [-0.39, 0.29) is 83.8 Å². The smallest absolute Gasteiger partial charge is 0.870 e. The van der Waals surface area contributed by atoms with E-state index in [1.165, 1.54) is 80.1 Å². The molecule has 0 aliphatic heterocycles. The number of aromatic nitrogens is 18. The van der Waals surface area contributed by atoms with Gasteiger partial charge in [0.2, 0.25) is 28.4 Å². The summed E-state index contributed by atoms with van der Waals surface area (Å²) in [6.45, 7) is 9.55. The fourth-order valence-electron chi connectivity index (χ4n) is 11.3. The van der Waals surface area contributed by atoms with Crippen molar-refractivity contribution in [2.24, 2.45) is 33.9 Å². The first-order valence-electron chi connectivity index (χ1n) is 38.9. The van der Waals surface area contributed by atoms with Gasteiger partial charge in [0.15, 0.2) is 5.78 Å². The average molecular weight is 1920 g/mol. The van der Waals surface area contributed by atoms with E-state index in [9.17, 15) is 29.1 Å². The first kappa shape index (κ1) is 112. The predicted octanol–water partition coefficient (Wildman–Crippen LogP) is 9.65. The van der Waals surface area contributed by atoms with Crippen LogP contribution in [-0.2, 0) is 42.4 Å². The van der Waals surface area contributed by atoms with Gasteiger partial charge >= 0.3 is 49.9 Å². The van der Waals surface area contributed by atoms with Crippen LogP contribution in [-0.4, -0.2) is 203 Å². The average Bonchev–Trinajstić information content (AvgIpc) is 1.64. The van der Waals surface area contributed by atoms with E-state index in [4.69, 9.17) is 89.5 Å². The van der Waals surface area contributed by atoms with Crippen LogP contribution in [0.4, 0.5) is 40.6 Å². The van der Waals surface area contributed by atoms with Gasteiger partial charge in [-0.25, -0.2) is 69.0 Å². The number of carboxylic acid groups (broad SMARTS) is 1. The number of carboxylic acids is 1. The summed E-state index contributed by atoms with van der Waals surface area (Å²) in [4.78, 5) is 100. The molecule has 0 radical (unpaired) electrons. The Kier molecular flexibility index (Phi) is 46.5. The van der Waals surface area contributed by atoms with Crippen LogP contribution in [0, 0.1) is 57.3 Å². The standard InChI is InChI=1S/C20H20N6O2.C18H19N5O3.C17H17N5O3.C14H13ClN2O3.C8H9BO4.C5H4Cl2N2.C4H7N3.C2H4N2.ClH.Li.H2O/c1-13-10-22-20(24-15-11-23-26(2)12-15)25-19(13)14-6-7-16(18(9-14)28-3)17(27)5-4-8-21;1-11-8-19-18(21-13-9-20-23(2)10-13)22-16(11)12-5-6-14(17(24)26-4)15(7-12)25-3;1-10-7-18-17(20-12-8-19-22(2)9-12)21-15(10)11-4-5-13(16(23)24)14(6-11)25-3;1-8-7-16-14(15)17-12(8)9-4-5-10(13(18)20-3)11(6-9)19-2;1-13-8(10)6-2-4-7(5-3-6)9(11)12;1-3-2-8-5(7)9-4(3)6;1-7-3-4(5)2-6-7;3-1-2-4;;;/h6-7,9-12H,4-5H2,1-3H3,(H,22,24,25);5-10H,1-4H3,(H,19,21,22);4-9H,1-3H3,(H,23,24)(H,18,20,21);4-7H,1-3H3;2-5,11-12H,1H3;2H,1H3;2-3H,5H2,1H3;1,3H2;1H;;1H2/q;;;;;;;;;+1;/p-1. The number of nitriles is 2. The molecule has 0 saturated heterocycles. The molecule has 0 unspecified atom stereocenters. The first-order valence-corrected chi connectivity index (χ1v) is 40.1. The molecule has 9 aromatic heterocycles. The van der Waals surface area contributed by atoms with Crippen molar-refractivity contribution in [2.45, 2.75) is 47.5 Å². The minimum atomic E-state index is -1.51. The van der Waals surface area contributed by atoms with Gasteiger partial charge in [0, 0.05) is 125 Å². The van der Waals surface area contributed by atoms with Gasteiger partial charge < -0.3 is 81.2 Å². The molecule has 700 valence electrons. The van der Waals surface area contributed by atoms with E-state index in [0.29, 0.717) is 85.0 Å². The number of carbonyl (C=O) groups is 5. The number of aromatic carboxylic acids is 1. The largest absolute Gasteiger partial charge is 1.00 e. The zero-order valence-electron chi connectivity index (χ0n) is 76.3. The van der Waals surface area contributed by atoms with Crippen molar-refractivity contribution in [3.8, 4) is 80.2 Å². The summed E-state index contributed by atoms with van der Waals surface area (Å²) < 4.78 is 41.8. The Hall–Kier alpha value is -15.1. The number of hydrogen-bond donors (Lipinski definition) is 8. The Morgan fingerprint density at radius 2 is 0.770 bits per heavy atom. The van der Waals surface area contributed by atoms with Crippen molar-refractivity contribution in [3.05, 3.63) is 249 Å². The molecule has 135 heavy (non-hydrogen) atoms. The van der Waals surface area contributed by atoms with Crippen LogP contribution >= 0.6 is 47.2 Å². The molecule has 14 rings (SSSR count). The minimum Gasteiger partial charge on any atom is -0.870 e. The number of Topliss-reactive ketones (excluding diaryl/α,β-unsaturated/α-hetero) is 1. The van der Waals surface area contributed by atoms with Crippen LogP contribution in [0.3, 0.4) is 0 Å². The van der Waals surface area contributed by atoms with Crippen molar-refractivity contribution in [1.29, 1.82) is 10.5 Å². The quantitative estimate of drug-likeness (QED) is 0.00595. The fourth-order valence-corrected chi connectivity index (χ4v) is 11.8. The minimum absolute atomic E-state index is 0. The van der Waals surface area contributed by atoms with Gasteiger partial charge in [0.1, 0.15) is 44.8 Å². The van der Waals surface area contributed by atoms with Gasteiger partial charge in [-0.2, -0.15) is 30.9 Å². The Bertz CT molecular complexity index is 6380. The third-order valence-corrected chi connectivity index (χ3v) is 18.5. The number of carbonyl (C=O) groups excluding carboxylic acids is 4. The molecule has 11 N–H and O–H groups in total. The maximum Gasteiger partial charge on any atom is 1.00 e. The molecule has 9 heterocycles. The van der Waals surface area contributed by atoms with E-state index in [1.807, 2.05) is 93.5 Å². The van der Waals surface area contributed by atoms with E-state index >= 15 is 0 Å². The van der Waals surface area contributed by atoms with Gasteiger partial charge in [-0.15, -0.1) is 12.4 Å². The third kappa shape index (κ3) is 33.9.